The maximum Gasteiger partial charge on any atom is 0.163 e. The maximum atomic E-state index is 4.99. The van der Waals surface area contributed by atoms with E-state index in [0.717, 1.165) is 35.4 Å². The molecule has 0 unspecified atom stereocenters. The Hall–Kier alpha value is -2.94. The highest BCUT2D eigenvalue weighted by molar-refractivity contribution is 5.95. The Morgan fingerprint density at radius 3 is 2.32 bits per heavy atom. The fourth-order valence-electron chi connectivity index (χ4n) is 3.85. The van der Waals surface area contributed by atoms with E-state index in [0.29, 0.717) is 0 Å². The number of aromatic nitrogens is 3. The summed E-state index contributed by atoms with van der Waals surface area (Å²) in [6.45, 7) is 0. The number of para-hydroxylation sites is 1. The second-order valence-corrected chi connectivity index (χ2v) is 6.63. The number of hydrogen-bond donors (Lipinski definition) is 0. The molecule has 0 saturated carbocycles. The molecule has 2 aromatic heterocycles. The Kier molecular flexibility index (Phi) is 3.37. The molecule has 1 aliphatic carbocycles. The molecule has 0 bridgehead atoms. The number of aryl methyl sites for hydroxylation is 2. The molecule has 3 nitrogen and oxygen atoms in total. The van der Waals surface area contributed by atoms with E-state index in [1.807, 2.05) is 28.9 Å². The van der Waals surface area contributed by atoms with Crippen molar-refractivity contribution in [1.82, 2.24) is 14.8 Å². The van der Waals surface area contributed by atoms with Crippen LogP contribution in [0.2, 0.25) is 0 Å². The molecule has 5 rings (SSSR count). The summed E-state index contributed by atoms with van der Waals surface area (Å²) in [5.74, 6) is 0. The third-order valence-electron chi connectivity index (χ3n) is 5.06. The first kappa shape index (κ1) is 14.4. The van der Waals surface area contributed by atoms with E-state index in [9.17, 15) is 0 Å². The molecule has 25 heavy (non-hydrogen) atoms. The van der Waals surface area contributed by atoms with Gasteiger partial charge in [0.05, 0.1) is 11.1 Å². The Morgan fingerprint density at radius 2 is 1.52 bits per heavy atom. The van der Waals surface area contributed by atoms with Crippen LogP contribution in [-0.2, 0) is 12.8 Å². The van der Waals surface area contributed by atoms with Crippen molar-refractivity contribution in [2.75, 3.05) is 0 Å². The van der Waals surface area contributed by atoms with Crippen molar-refractivity contribution >= 4 is 11.0 Å². The van der Waals surface area contributed by atoms with Gasteiger partial charge in [-0.05, 0) is 48.9 Å². The fourth-order valence-corrected chi connectivity index (χ4v) is 3.85. The fraction of sp³-hybridized carbons (Fsp3) is 0.182. The minimum absolute atomic E-state index is 0.964. The SMILES string of the molecule is c1ccc(-c2nn(-c3ccccc3)c3ncc4c(c23)CCCC4)cc1. The summed E-state index contributed by atoms with van der Waals surface area (Å²) in [4.78, 5) is 4.82. The highest BCUT2D eigenvalue weighted by atomic mass is 15.3. The van der Waals surface area contributed by atoms with Gasteiger partial charge in [-0.25, -0.2) is 9.67 Å². The highest BCUT2D eigenvalue weighted by Crippen LogP contribution is 2.35. The molecule has 0 amide bonds. The van der Waals surface area contributed by atoms with Gasteiger partial charge in [-0.15, -0.1) is 0 Å². The lowest BCUT2D eigenvalue weighted by molar-refractivity contribution is 0.687. The van der Waals surface area contributed by atoms with Crippen LogP contribution < -0.4 is 0 Å². The van der Waals surface area contributed by atoms with Crippen LogP contribution in [0.5, 0.6) is 0 Å². The van der Waals surface area contributed by atoms with Crippen molar-refractivity contribution in [3.63, 3.8) is 0 Å². The van der Waals surface area contributed by atoms with Gasteiger partial charge in [0, 0.05) is 11.8 Å². The average molecular weight is 325 g/mol. The summed E-state index contributed by atoms with van der Waals surface area (Å²) in [6, 6.07) is 20.8. The summed E-state index contributed by atoms with van der Waals surface area (Å²) >= 11 is 0. The topological polar surface area (TPSA) is 30.7 Å². The minimum Gasteiger partial charge on any atom is -0.236 e. The van der Waals surface area contributed by atoms with Gasteiger partial charge in [0.15, 0.2) is 5.65 Å². The van der Waals surface area contributed by atoms with Crippen molar-refractivity contribution in [2.45, 2.75) is 25.7 Å². The molecule has 0 spiro atoms. The standard InChI is InChI=1S/C22H19N3/c1-3-9-16(10-4-1)21-20-19-14-8-7-11-17(19)15-23-22(20)25(24-21)18-12-5-2-6-13-18/h1-6,9-10,12-13,15H,7-8,11,14H2. The molecule has 0 atom stereocenters. The van der Waals surface area contributed by atoms with E-state index < -0.39 is 0 Å². The molecule has 0 N–H and O–H groups in total. The zero-order valence-corrected chi connectivity index (χ0v) is 14.0. The first-order valence-electron chi connectivity index (χ1n) is 8.92. The molecule has 0 aliphatic heterocycles. The molecule has 0 saturated heterocycles. The Balaban J connectivity index is 1.86. The van der Waals surface area contributed by atoms with Crippen LogP contribution in [-0.4, -0.2) is 14.8 Å². The van der Waals surface area contributed by atoms with E-state index in [2.05, 4.69) is 42.6 Å². The van der Waals surface area contributed by atoms with Crippen LogP contribution in [0.15, 0.2) is 66.9 Å². The van der Waals surface area contributed by atoms with E-state index in [1.165, 1.54) is 29.4 Å². The molecule has 0 radical (unpaired) electrons. The smallest absolute Gasteiger partial charge is 0.163 e. The van der Waals surface area contributed by atoms with Crippen molar-refractivity contribution in [3.05, 3.63) is 78.0 Å². The van der Waals surface area contributed by atoms with E-state index in [4.69, 9.17) is 10.1 Å². The molecule has 2 aromatic carbocycles. The largest absolute Gasteiger partial charge is 0.236 e. The van der Waals surface area contributed by atoms with Gasteiger partial charge in [0.25, 0.3) is 0 Å². The summed E-state index contributed by atoms with van der Waals surface area (Å²) < 4.78 is 1.99. The van der Waals surface area contributed by atoms with Crippen LogP contribution in [0.25, 0.3) is 28.0 Å². The van der Waals surface area contributed by atoms with Gasteiger partial charge < -0.3 is 0 Å². The molecule has 122 valence electrons. The first-order valence-corrected chi connectivity index (χ1v) is 8.92. The highest BCUT2D eigenvalue weighted by Gasteiger charge is 2.21. The van der Waals surface area contributed by atoms with Gasteiger partial charge in [-0.3, -0.25) is 0 Å². The van der Waals surface area contributed by atoms with Crippen LogP contribution in [0.4, 0.5) is 0 Å². The zero-order valence-electron chi connectivity index (χ0n) is 14.0. The lowest BCUT2D eigenvalue weighted by Gasteiger charge is -2.16. The van der Waals surface area contributed by atoms with Gasteiger partial charge in [-0.2, -0.15) is 5.10 Å². The predicted octanol–water partition coefficient (Wildman–Crippen LogP) is 4.97. The average Bonchev–Trinajstić information content (AvgIpc) is 3.09. The molecule has 1 aliphatic rings. The number of fused-ring (bicyclic) bond motifs is 3. The van der Waals surface area contributed by atoms with Gasteiger partial charge in [0.2, 0.25) is 0 Å². The van der Waals surface area contributed by atoms with Crippen molar-refractivity contribution in [3.8, 4) is 16.9 Å². The summed E-state index contributed by atoms with van der Waals surface area (Å²) in [5.41, 5.74) is 7.05. The second kappa shape index (κ2) is 5.85. The Morgan fingerprint density at radius 1 is 0.800 bits per heavy atom. The number of benzene rings is 2. The number of nitrogens with zero attached hydrogens (tertiary/aromatic N) is 3. The first-order chi connectivity index (χ1) is 12.4. The van der Waals surface area contributed by atoms with Crippen molar-refractivity contribution < 1.29 is 0 Å². The monoisotopic (exact) mass is 325 g/mol. The third-order valence-corrected chi connectivity index (χ3v) is 5.06. The number of rotatable bonds is 2. The zero-order chi connectivity index (χ0) is 16.6. The van der Waals surface area contributed by atoms with Crippen molar-refractivity contribution in [2.24, 2.45) is 0 Å². The number of pyridine rings is 1. The third kappa shape index (κ3) is 2.35. The molecular weight excluding hydrogens is 306 g/mol. The van der Waals surface area contributed by atoms with Crippen LogP contribution in [0, 0.1) is 0 Å². The Labute approximate surface area is 147 Å². The lowest BCUT2D eigenvalue weighted by atomic mass is 9.90. The molecule has 0 fully saturated rings. The predicted molar refractivity (Wildman–Crippen MR) is 101 cm³/mol. The summed E-state index contributed by atoms with van der Waals surface area (Å²) in [5, 5.41) is 6.22. The van der Waals surface area contributed by atoms with E-state index >= 15 is 0 Å². The normalized spacial score (nSPS) is 13.8. The van der Waals surface area contributed by atoms with E-state index in [-0.39, 0.29) is 0 Å². The number of hydrogen-bond acceptors (Lipinski definition) is 2. The minimum atomic E-state index is 0.964. The van der Waals surface area contributed by atoms with Crippen LogP contribution >= 0.6 is 0 Å². The Bertz CT molecular complexity index is 1030. The van der Waals surface area contributed by atoms with Gasteiger partial charge in [0.1, 0.15) is 5.69 Å². The molecule has 4 aromatic rings. The maximum absolute atomic E-state index is 4.99. The van der Waals surface area contributed by atoms with Crippen LogP contribution in [0.1, 0.15) is 24.0 Å². The van der Waals surface area contributed by atoms with E-state index in [1.54, 1.807) is 0 Å². The van der Waals surface area contributed by atoms with Crippen LogP contribution in [0.3, 0.4) is 0 Å². The van der Waals surface area contributed by atoms with Gasteiger partial charge in [-0.1, -0.05) is 48.5 Å². The van der Waals surface area contributed by atoms with Crippen molar-refractivity contribution in [1.29, 1.82) is 0 Å². The molecule has 3 heteroatoms. The quantitative estimate of drug-likeness (QED) is 0.521. The van der Waals surface area contributed by atoms with Gasteiger partial charge >= 0.3 is 0 Å². The second-order valence-electron chi connectivity index (χ2n) is 6.63. The molecule has 2 heterocycles. The molecular formula is C22H19N3. The summed E-state index contributed by atoms with van der Waals surface area (Å²) in [7, 11) is 0. The lowest BCUT2D eigenvalue weighted by Crippen LogP contribution is -2.05. The summed E-state index contributed by atoms with van der Waals surface area (Å²) in [6.07, 6.45) is 6.81.